The molecule has 0 aliphatic rings. The van der Waals surface area contributed by atoms with Gasteiger partial charge in [0.2, 0.25) is 6.29 Å². The maximum Gasteiger partial charge on any atom is 0.288 e. The molecule has 1 aromatic carbocycles. The number of hydrogen-bond acceptors (Lipinski definition) is 4. The number of carbonyl (C=O) groups excluding carboxylic acids is 2. The fraction of sp³-hybridized carbons (Fsp3) is 0.100. The van der Waals surface area contributed by atoms with Crippen molar-refractivity contribution in [1.29, 1.82) is 0 Å². The van der Waals surface area contributed by atoms with Crippen LogP contribution in [0.5, 0.6) is 0 Å². The van der Waals surface area contributed by atoms with Gasteiger partial charge in [0, 0.05) is 12.6 Å². The van der Waals surface area contributed by atoms with Crippen LogP contribution >= 0.6 is 0 Å². The lowest BCUT2D eigenvalue weighted by Crippen LogP contribution is -2.11. The Morgan fingerprint density at radius 3 is 3.07 bits per heavy atom. The predicted molar refractivity (Wildman–Crippen MR) is 53.4 cm³/mol. The van der Waals surface area contributed by atoms with Crippen LogP contribution in [0.2, 0.25) is 0 Å². The minimum absolute atomic E-state index is 0.220. The minimum Gasteiger partial charge on any atom is -0.441 e. The molecule has 0 atom stereocenters. The van der Waals surface area contributed by atoms with Crippen LogP contribution in [0.3, 0.4) is 0 Å². The average Bonchev–Trinajstić information content (AvgIpc) is 2.57. The Labute approximate surface area is 85.1 Å². The summed E-state index contributed by atoms with van der Waals surface area (Å²) in [4.78, 5) is 25.0. The monoisotopic (exact) mass is 204 g/mol. The van der Waals surface area contributed by atoms with Gasteiger partial charge in [-0.25, -0.2) is 4.98 Å². The first-order chi connectivity index (χ1) is 7.19. The number of hydrogen-bond donors (Lipinski definition) is 1. The highest BCUT2D eigenvalue weighted by Crippen LogP contribution is 2.19. The molecule has 0 spiro atoms. The lowest BCUT2D eigenvalue weighted by Gasteiger charge is -1.98. The van der Waals surface area contributed by atoms with Crippen LogP contribution in [0.25, 0.3) is 11.1 Å². The number of benzene rings is 1. The number of aldehydes is 1. The molecule has 0 bridgehead atoms. The van der Waals surface area contributed by atoms with Gasteiger partial charge in [-0.2, -0.15) is 0 Å². The van der Waals surface area contributed by atoms with Gasteiger partial charge in [0.1, 0.15) is 5.52 Å². The van der Waals surface area contributed by atoms with Gasteiger partial charge in [-0.15, -0.1) is 0 Å². The van der Waals surface area contributed by atoms with Gasteiger partial charge in [0.25, 0.3) is 5.91 Å². The van der Waals surface area contributed by atoms with Gasteiger partial charge in [-0.3, -0.25) is 9.59 Å². The number of amides is 1. The molecule has 1 heterocycles. The highest BCUT2D eigenvalue weighted by molar-refractivity contribution is 6.29. The molecule has 2 aromatic rings. The largest absolute Gasteiger partial charge is 0.441 e. The van der Waals surface area contributed by atoms with Crippen molar-refractivity contribution in [3.63, 3.8) is 0 Å². The summed E-state index contributed by atoms with van der Waals surface area (Å²) in [6.45, 7) is 1.74. The molecule has 2 rings (SSSR count). The molecule has 76 valence electrons. The van der Waals surface area contributed by atoms with E-state index >= 15 is 0 Å². The summed E-state index contributed by atoms with van der Waals surface area (Å²) in [5, 5.41) is 2.40. The van der Waals surface area contributed by atoms with Crippen molar-refractivity contribution in [1.82, 2.24) is 4.98 Å². The van der Waals surface area contributed by atoms with Gasteiger partial charge < -0.3 is 9.73 Å². The van der Waals surface area contributed by atoms with E-state index in [1.165, 1.54) is 0 Å². The van der Waals surface area contributed by atoms with Gasteiger partial charge in [0.05, 0.1) is 0 Å². The Kier molecular flexibility index (Phi) is 2.21. The van der Waals surface area contributed by atoms with E-state index in [0.717, 1.165) is 0 Å². The Morgan fingerprint density at radius 2 is 2.33 bits per heavy atom. The summed E-state index contributed by atoms with van der Waals surface area (Å²) in [5.74, 6) is -0.126. The molecule has 0 saturated heterocycles. The molecule has 1 N–H and O–H groups in total. The third-order valence-electron chi connectivity index (χ3n) is 1.87. The van der Waals surface area contributed by atoms with Crippen LogP contribution in [-0.2, 0) is 9.59 Å². The maximum atomic E-state index is 10.8. The topological polar surface area (TPSA) is 72.2 Å². The van der Waals surface area contributed by atoms with E-state index in [2.05, 4.69) is 10.3 Å². The van der Waals surface area contributed by atoms with Crippen molar-refractivity contribution in [2.45, 2.75) is 6.92 Å². The molecule has 15 heavy (non-hydrogen) atoms. The fourth-order valence-corrected chi connectivity index (χ4v) is 1.29. The number of aromatic nitrogens is 1. The molecule has 1 aromatic heterocycles. The molecule has 0 saturated carbocycles. The third kappa shape index (κ3) is 1.85. The highest BCUT2D eigenvalue weighted by Gasteiger charge is 2.04. The number of anilines is 1. The summed E-state index contributed by atoms with van der Waals surface area (Å²) < 4.78 is 5.26. The normalized spacial score (nSPS) is 10.2. The molecular weight excluding hydrogens is 196 g/mol. The second-order valence-corrected chi connectivity index (χ2v) is 3.02. The first kappa shape index (κ1) is 9.39. The van der Waals surface area contributed by atoms with Crippen molar-refractivity contribution >= 4 is 29.0 Å². The number of oxazole rings is 1. The lowest BCUT2D eigenvalue weighted by atomic mass is 10.3. The maximum absolute atomic E-state index is 10.8. The zero-order chi connectivity index (χ0) is 10.8. The van der Waals surface area contributed by atoms with E-state index in [4.69, 9.17) is 4.42 Å². The molecular formula is C10H8N2O3. The van der Waals surface area contributed by atoms with Crippen LogP contribution in [0.1, 0.15) is 5.89 Å². The van der Waals surface area contributed by atoms with E-state index in [1.54, 1.807) is 25.1 Å². The smallest absolute Gasteiger partial charge is 0.288 e. The molecule has 1 amide bonds. The van der Waals surface area contributed by atoms with Crippen molar-refractivity contribution in [3.05, 3.63) is 24.1 Å². The average molecular weight is 204 g/mol. The van der Waals surface area contributed by atoms with Crippen LogP contribution in [0.15, 0.2) is 22.6 Å². The Bertz CT molecular complexity index is 530. The molecule has 0 fully saturated rings. The number of nitrogens with zero attached hydrogens (tertiary/aromatic N) is 1. The van der Waals surface area contributed by atoms with Crippen LogP contribution in [-0.4, -0.2) is 17.2 Å². The SMILES string of the molecule is Cc1nc2cc(NC(=O)C=O)ccc2o1. The van der Waals surface area contributed by atoms with Gasteiger partial charge in [0.15, 0.2) is 11.5 Å². The van der Waals surface area contributed by atoms with E-state index in [9.17, 15) is 9.59 Å². The fourth-order valence-electron chi connectivity index (χ4n) is 1.29. The quantitative estimate of drug-likeness (QED) is 0.590. The zero-order valence-corrected chi connectivity index (χ0v) is 7.98. The number of nitrogens with one attached hydrogen (secondary N) is 1. The van der Waals surface area contributed by atoms with E-state index in [0.29, 0.717) is 22.7 Å². The zero-order valence-electron chi connectivity index (χ0n) is 7.98. The molecule has 5 nitrogen and oxygen atoms in total. The highest BCUT2D eigenvalue weighted by atomic mass is 16.3. The van der Waals surface area contributed by atoms with E-state index in [-0.39, 0.29) is 6.29 Å². The van der Waals surface area contributed by atoms with E-state index < -0.39 is 5.91 Å². The molecule has 0 aliphatic carbocycles. The second-order valence-electron chi connectivity index (χ2n) is 3.02. The first-order valence-corrected chi connectivity index (χ1v) is 4.32. The standard InChI is InChI=1S/C10H8N2O3/c1-6-11-8-4-7(12-10(14)5-13)2-3-9(8)15-6/h2-5H,1H3,(H,12,14). The summed E-state index contributed by atoms with van der Waals surface area (Å²) in [6, 6.07) is 4.98. The number of aryl methyl sites for hydroxylation is 1. The van der Waals surface area contributed by atoms with Crippen molar-refractivity contribution in [2.24, 2.45) is 0 Å². The molecule has 0 aliphatic heterocycles. The van der Waals surface area contributed by atoms with Crippen molar-refractivity contribution < 1.29 is 14.0 Å². The van der Waals surface area contributed by atoms with Crippen LogP contribution in [0, 0.1) is 6.92 Å². The number of rotatable bonds is 2. The lowest BCUT2D eigenvalue weighted by molar-refractivity contribution is -0.127. The van der Waals surface area contributed by atoms with Crippen LogP contribution < -0.4 is 5.32 Å². The third-order valence-corrected chi connectivity index (χ3v) is 1.87. The Hall–Kier alpha value is -2.17. The van der Waals surface area contributed by atoms with Crippen molar-refractivity contribution in [3.8, 4) is 0 Å². The molecule has 5 heteroatoms. The molecule has 0 unspecified atom stereocenters. The summed E-state index contributed by atoms with van der Waals surface area (Å²) in [5.41, 5.74) is 1.82. The van der Waals surface area contributed by atoms with Crippen molar-refractivity contribution in [2.75, 3.05) is 5.32 Å². The summed E-state index contributed by atoms with van der Waals surface area (Å²) >= 11 is 0. The van der Waals surface area contributed by atoms with Gasteiger partial charge in [-0.1, -0.05) is 0 Å². The predicted octanol–water partition coefficient (Wildman–Crippen LogP) is 1.27. The number of fused-ring (bicyclic) bond motifs is 1. The van der Waals surface area contributed by atoms with E-state index in [1.807, 2.05) is 0 Å². The molecule has 0 radical (unpaired) electrons. The first-order valence-electron chi connectivity index (χ1n) is 4.32. The van der Waals surface area contributed by atoms with Crippen LogP contribution in [0.4, 0.5) is 5.69 Å². The van der Waals surface area contributed by atoms with Gasteiger partial charge in [-0.05, 0) is 18.2 Å². The summed E-state index contributed by atoms with van der Waals surface area (Å²) in [6.07, 6.45) is 0.220. The Morgan fingerprint density at radius 1 is 1.53 bits per heavy atom. The summed E-state index contributed by atoms with van der Waals surface area (Å²) in [7, 11) is 0. The minimum atomic E-state index is -0.686. The number of carbonyl (C=O) groups is 2. The second kappa shape index (κ2) is 3.53. The van der Waals surface area contributed by atoms with Gasteiger partial charge >= 0.3 is 0 Å². The Balaban J connectivity index is 2.37.